The number of carbonyl (C=O) groups is 1. The number of amides is 1. The highest BCUT2D eigenvalue weighted by molar-refractivity contribution is 5.95. The van der Waals surface area contributed by atoms with Crippen molar-refractivity contribution in [2.75, 3.05) is 0 Å². The molecule has 0 unspecified atom stereocenters. The van der Waals surface area contributed by atoms with Crippen LogP contribution in [0.2, 0.25) is 0 Å². The fourth-order valence-corrected chi connectivity index (χ4v) is 2.28. The molecule has 3 rings (SSSR count). The van der Waals surface area contributed by atoms with Gasteiger partial charge >= 0.3 is 6.18 Å². The van der Waals surface area contributed by atoms with Crippen LogP contribution in [0.25, 0.3) is 10.9 Å². The first-order chi connectivity index (χ1) is 11.9. The Morgan fingerprint density at radius 3 is 2.52 bits per heavy atom. The van der Waals surface area contributed by atoms with Crippen molar-refractivity contribution in [2.24, 2.45) is 5.10 Å². The molecule has 25 heavy (non-hydrogen) atoms. The molecule has 0 radical (unpaired) electrons. The number of hydrogen-bond donors (Lipinski definition) is 1. The first kappa shape index (κ1) is 16.6. The van der Waals surface area contributed by atoms with Crippen molar-refractivity contribution in [3.05, 3.63) is 77.5 Å². The van der Waals surface area contributed by atoms with Crippen molar-refractivity contribution in [1.82, 2.24) is 10.4 Å². The zero-order valence-electron chi connectivity index (χ0n) is 12.8. The number of pyridine rings is 1. The van der Waals surface area contributed by atoms with Crippen molar-refractivity contribution < 1.29 is 18.0 Å². The number of hydrazone groups is 1. The highest BCUT2D eigenvalue weighted by Gasteiger charge is 2.32. The minimum Gasteiger partial charge on any atom is -0.266 e. The maximum Gasteiger partial charge on any atom is 0.417 e. The normalized spacial score (nSPS) is 11.8. The van der Waals surface area contributed by atoms with Gasteiger partial charge in [-0.05, 0) is 18.2 Å². The number of carbonyl (C=O) groups excluding carboxylic acids is 1. The summed E-state index contributed by atoms with van der Waals surface area (Å²) in [6, 6.07) is 15.5. The first-order valence-corrected chi connectivity index (χ1v) is 7.30. The number of para-hydroxylation sites is 1. The maximum atomic E-state index is 12.9. The third-order valence-electron chi connectivity index (χ3n) is 3.47. The van der Waals surface area contributed by atoms with Gasteiger partial charge in [0.1, 0.15) is 5.69 Å². The lowest BCUT2D eigenvalue weighted by Gasteiger charge is -2.09. The highest BCUT2D eigenvalue weighted by Crippen LogP contribution is 2.31. The molecule has 0 aliphatic carbocycles. The number of benzene rings is 2. The molecule has 0 atom stereocenters. The average molecular weight is 343 g/mol. The summed E-state index contributed by atoms with van der Waals surface area (Å²) in [5.74, 6) is -0.605. The molecule has 0 spiro atoms. The second kappa shape index (κ2) is 6.72. The van der Waals surface area contributed by atoms with Crippen molar-refractivity contribution >= 4 is 23.0 Å². The second-order valence-corrected chi connectivity index (χ2v) is 5.17. The molecule has 0 bridgehead atoms. The molecule has 1 aromatic heterocycles. The number of aromatic nitrogens is 1. The standard InChI is InChI=1S/C18H12F3N3O/c19-18(20,21)14-7-3-1-6-13(14)11-22-24-17(25)16-10-9-12-5-2-4-8-15(12)23-16/h1-11H,(H,24,25). The maximum absolute atomic E-state index is 12.9. The molecule has 2 aromatic carbocycles. The minimum absolute atomic E-state index is 0.125. The van der Waals surface area contributed by atoms with Gasteiger partial charge in [-0.2, -0.15) is 18.3 Å². The molecule has 3 aromatic rings. The molecule has 4 nitrogen and oxygen atoms in total. The van der Waals surface area contributed by atoms with E-state index in [-0.39, 0.29) is 11.3 Å². The number of alkyl halides is 3. The Labute approximate surface area is 141 Å². The van der Waals surface area contributed by atoms with Crippen LogP contribution in [0.3, 0.4) is 0 Å². The van der Waals surface area contributed by atoms with Gasteiger partial charge in [-0.25, -0.2) is 10.4 Å². The number of halogens is 3. The van der Waals surface area contributed by atoms with Gasteiger partial charge in [-0.15, -0.1) is 0 Å². The highest BCUT2D eigenvalue weighted by atomic mass is 19.4. The summed E-state index contributed by atoms with van der Waals surface area (Å²) in [7, 11) is 0. The monoisotopic (exact) mass is 343 g/mol. The van der Waals surface area contributed by atoms with Gasteiger partial charge in [0.25, 0.3) is 5.91 Å². The van der Waals surface area contributed by atoms with Gasteiger partial charge in [-0.1, -0.05) is 42.5 Å². The van der Waals surface area contributed by atoms with Crippen LogP contribution in [0.5, 0.6) is 0 Å². The molecule has 0 saturated carbocycles. The summed E-state index contributed by atoms with van der Waals surface area (Å²) in [6.45, 7) is 0. The van der Waals surface area contributed by atoms with Crippen LogP contribution in [-0.4, -0.2) is 17.1 Å². The van der Waals surface area contributed by atoms with E-state index >= 15 is 0 Å². The smallest absolute Gasteiger partial charge is 0.266 e. The summed E-state index contributed by atoms with van der Waals surface area (Å²) in [4.78, 5) is 16.2. The summed E-state index contributed by atoms with van der Waals surface area (Å²) in [5, 5.41) is 4.48. The van der Waals surface area contributed by atoms with E-state index in [1.165, 1.54) is 24.3 Å². The zero-order chi connectivity index (χ0) is 17.9. The number of fused-ring (bicyclic) bond motifs is 1. The lowest BCUT2D eigenvalue weighted by Crippen LogP contribution is -2.19. The number of nitrogens with zero attached hydrogens (tertiary/aromatic N) is 2. The SMILES string of the molecule is O=C(NN=Cc1ccccc1C(F)(F)F)c1ccc2ccccc2n1. The van der Waals surface area contributed by atoms with Crippen LogP contribution < -0.4 is 5.43 Å². The van der Waals surface area contributed by atoms with E-state index in [9.17, 15) is 18.0 Å². The summed E-state index contributed by atoms with van der Waals surface area (Å²) in [6.07, 6.45) is -3.53. The fourth-order valence-electron chi connectivity index (χ4n) is 2.28. The fraction of sp³-hybridized carbons (Fsp3) is 0.0556. The van der Waals surface area contributed by atoms with Gasteiger partial charge in [-0.3, -0.25) is 4.79 Å². The number of hydrogen-bond acceptors (Lipinski definition) is 3. The lowest BCUT2D eigenvalue weighted by molar-refractivity contribution is -0.137. The van der Waals surface area contributed by atoms with Gasteiger partial charge < -0.3 is 0 Å². The van der Waals surface area contributed by atoms with E-state index in [0.29, 0.717) is 5.52 Å². The van der Waals surface area contributed by atoms with Gasteiger partial charge in [0.05, 0.1) is 17.3 Å². The quantitative estimate of drug-likeness (QED) is 0.577. The van der Waals surface area contributed by atoms with Crippen LogP contribution in [0.1, 0.15) is 21.6 Å². The minimum atomic E-state index is -4.49. The summed E-state index contributed by atoms with van der Waals surface area (Å²) in [5.41, 5.74) is 2.00. The Morgan fingerprint density at radius 1 is 1.00 bits per heavy atom. The molecule has 126 valence electrons. The Balaban J connectivity index is 1.77. The number of nitrogens with one attached hydrogen (secondary N) is 1. The van der Waals surface area contributed by atoms with E-state index in [2.05, 4.69) is 15.5 Å². The average Bonchev–Trinajstić information content (AvgIpc) is 2.60. The van der Waals surface area contributed by atoms with E-state index in [4.69, 9.17) is 0 Å². The zero-order valence-corrected chi connectivity index (χ0v) is 12.8. The molecule has 0 fully saturated rings. The lowest BCUT2D eigenvalue weighted by atomic mass is 10.1. The molecular weight excluding hydrogens is 331 g/mol. The van der Waals surface area contributed by atoms with Crippen LogP contribution in [0.15, 0.2) is 65.8 Å². The molecule has 1 N–H and O–H groups in total. The van der Waals surface area contributed by atoms with Crippen LogP contribution in [0.4, 0.5) is 13.2 Å². The van der Waals surface area contributed by atoms with Crippen molar-refractivity contribution in [3.63, 3.8) is 0 Å². The number of rotatable bonds is 3. The van der Waals surface area contributed by atoms with Crippen molar-refractivity contribution in [3.8, 4) is 0 Å². The van der Waals surface area contributed by atoms with Crippen LogP contribution >= 0.6 is 0 Å². The predicted molar refractivity (Wildman–Crippen MR) is 88.2 cm³/mol. The summed E-state index contributed by atoms with van der Waals surface area (Å²) >= 11 is 0. The van der Waals surface area contributed by atoms with Crippen LogP contribution in [-0.2, 0) is 6.18 Å². The topological polar surface area (TPSA) is 54.4 Å². The molecule has 0 aliphatic rings. The van der Waals surface area contributed by atoms with Crippen molar-refractivity contribution in [2.45, 2.75) is 6.18 Å². The van der Waals surface area contributed by atoms with Gasteiger partial charge in [0.15, 0.2) is 0 Å². The Bertz CT molecular complexity index is 951. The molecular formula is C18H12F3N3O. The third-order valence-corrected chi connectivity index (χ3v) is 3.47. The third kappa shape index (κ3) is 3.82. The van der Waals surface area contributed by atoms with Crippen molar-refractivity contribution in [1.29, 1.82) is 0 Å². The molecule has 0 aliphatic heterocycles. The van der Waals surface area contributed by atoms with E-state index in [1.807, 2.05) is 12.1 Å². The molecule has 0 saturated heterocycles. The largest absolute Gasteiger partial charge is 0.417 e. The Morgan fingerprint density at radius 2 is 1.72 bits per heavy atom. The van der Waals surface area contributed by atoms with Crippen LogP contribution in [0, 0.1) is 0 Å². The predicted octanol–water partition coefficient (Wildman–Crippen LogP) is 4.02. The van der Waals surface area contributed by atoms with E-state index in [0.717, 1.165) is 17.7 Å². The molecule has 1 heterocycles. The summed E-state index contributed by atoms with van der Waals surface area (Å²) < 4.78 is 38.7. The van der Waals surface area contributed by atoms with E-state index in [1.54, 1.807) is 18.2 Å². The molecule has 1 amide bonds. The van der Waals surface area contributed by atoms with Gasteiger partial charge in [0, 0.05) is 10.9 Å². The Hall–Kier alpha value is -3.22. The first-order valence-electron chi connectivity index (χ1n) is 7.30. The second-order valence-electron chi connectivity index (χ2n) is 5.17. The van der Waals surface area contributed by atoms with Gasteiger partial charge in [0.2, 0.25) is 0 Å². The Kier molecular flexibility index (Phi) is 4.47. The van der Waals surface area contributed by atoms with E-state index < -0.39 is 17.6 Å². The molecule has 7 heteroatoms.